The SMILES string of the molecule is O=C(O)C=CC(=O)O.c1ccn2nc(COCCCCN3CCN(C4CCCCC4)CC3)cc2c1. The van der Waals surface area contributed by atoms with Crippen molar-refractivity contribution >= 4 is 17.5 Å². The maximum atomic E-state index is 9.55. The normalized spacial score (nSPS) is 17.9. The number of fused-ring (bicyclic) bond motifs is 1. The van der Waals surface area contributed by atoms with Crippen LogP contribution in [0.2, 0.25) is 0 Å². The Morgan fingerprint density at radius 1 is 1.00 bits per heavy atom. The van der Waals surface area contributed by atoms with Gasteiger partial charge in [0.25, 0.3) is 0 Å². The summed E-state index contributed by atoms with van der Waals surface area (Å²) in [6.07, 6.45) is 12.7. The van der Waals surface area contributed by atoms with Gasteiger partial charge in [-0.1, -0.05) is 25.3 Å². The average Bonchev–Trinajstić information content (AvgIpc) is 3.29. The number of carboxylic acid groups (broad SMARTS) is 2. The molecule has 2 N–H and O–H groups in total. The van der Waals surface area contributed by atoms with Crippen molar-refractivity contribution in [3.8, 4) is 0 Å². The summed E-state index contributed by atoms with van der Waals surface area (Å²) in [5, 5.41) is 20.2. The molecule has 0 spiro atoms. The Morgan fingerprint density at radius 3 is 2.37 bits per heavy atom. The number of hydrogen-bond acceptors (Lipinski definition) is 6. The van der Waals surface area contributed by atoms with E-state index in [0.29, 0.717) is 18.8 Å². The molecule has 0 atom stereocenters. The lowest BCUT2D eigenvalue weighted by Gasteiger charge is -2.40. The van der Waals surface area contributed by atoms with Crippen molar-refractivity contribution < 1.29 is 24.5 Å². The number of unbranched alkanes of at least 4 members (excludes halogenated alkanes) is 1. The van der Waals surface area contributed by atoms with E-state index in [1.807, 2.05) is 22.8 Å². The number of aliphatic carboxylic acids is 2. The van der Waals surface area contributed by atoms with E-state index in [2.05, 4.69) is 27.0 Å². The molecule has 0 radical (unpaired) electrons. The van der Waals surface area contributed by atoms with E-state index >= 15 is 0 Å². The van der Waals surface area contributed by atoms with Gasteiger partial charge in [-0.05, 0) is 50.4 Å². The maximum Gasteiger partial charge on any atom is 0.328 e. The summed E-state index contributed by atoms with van der Waals surface area (Å²) in [5.41, 5.74) is 2.14. The van der Waals surface area contributed by atoms with Crippen molar-refractivity contribution in [2.24, 2.45) is 0 Å². The van der Waals surface area contributed by atoms with Crippen LogP contribution in [0.5, 0.6) is 0 Å². The topological polar surface area (TPSA) is 108 Å². The Bertz CT molecular complexity index is 897. The molecule has 192 valence electrons. The molecule has 2 aromatic heterocycles. The largest absolute Gasteiger partial charge is 0.478 e. The molecule has 2 aliphatic rings. The quantitative estimate of drug-likeness (QED) is 0.389. The van der Waals surface area contributed by atoms with Crippen LogP contribution in [0.25, 0.3) is 5.52 Å². The molecule has 9 nitrogen and oxygen atoms in total. The first-order valence-electron chi connectivity index (χ1n) is 12.6. The van der Waals surface area contributed by atoms with Gasteiger partial charge in [0.1, 0.15) is 0 Å². The van der Waals surface area contributed by atoms with Crippen LogP contribution in [0, 0.1) is 0 Å². The highest BCUT2D eigenvalue weighted by atomic mass is 16.5. The fourth-order valence-electron chi connectivity index (χ4n) is 4.72. The number of rotatable bonds is 10. The van der Waals surface area contributed by atoms with Gasteiger partial charge in [-0.2, -0.15) is 5.10 Å². The van der Waals surface area contributed by atoms with Crippen LogP contribution < -0.4 is 0 Å². The van der Waals surface area contributed by atoms with Crippen molar-refractivity contribution in [3.05, 3.63) is 48.3 Å². The third kappa shape index (κ3) is 9.79. The molecule has 0 unspecified atom stereocenters. The zero-order valence-electron chi connectivity index (χ0n) is 20.4. The second-order valence-electron chi connectivity index (χ2n) is 9.14. The van der Waals surface area contributed by atoms with Gasteiger partial charge in [0, 0.05) is 57.2 Å². The number of nitrogens with zero attached hydrogens (tertiary/aromatic N) is 4. The molecule has 0 aromatic carbocycles. The lowest BCUT2D eigenvalue weighted by atomic mass is 9.94. The summed E-state index contributed by atoms with van der Waals surface area (Å²) < 4.78 is 7.74. The zero-order chi connectivity index (χ0) is 24.9. The highest BCUT2D eigenvalue weighted by molar-refractivity contribution is 5.89. The lowest BCUT2D eigenvalue weighted by Crippen LogP contribution is -2.50. The number of hydrogen-bond donors (Lipinski definition) is 2. The molecule has 0 bridgehead atoms. The Morgan fingerprint density at radius 2 is 1.71 bits per heavy atom. The van der Waals surface area contributed by atoms with Crippen LogP contribution in [0.15, 0.2) is 42.6 Å². The summed E-state index contributed by atoms with van der Waals surface area (Å²) in [6.45, 7) is 7.70. The van der Waals surface area contributed by atoms with E-state index in [4.69, 9.17) is 14.9 Å². The Labute approximate surface area is 207 Å². The van der Waals surface area contributed by atoms with Gasteiger partial charge in [-0.3, -0.25) is 4.90 Å². The predicted octanol–water partition coefficient (Wildman–Crippen LogP) is 3.29. The molecule has 0 amide bonds. The molecule has 2 aromatic rings. The second-order valence-corrected chi connectivity index (χ2v) is 9.14. The Hall–Kier alpha value is -2.75. The van der Waals surface area contributed by atoms with Gasteiger partial charge >= 0.3 is 11.9 Å². The van der Waals surface area contributed by atoms with Crippen molar-refractivity contribution in [3.63, 3.8) is 0 Å². The number of ether oxygens (including phenoxy) is 1. The van der Waals surface area contributed by atoms with Crippen LogP contribution >= 0.6 is 0 Å². The molecule has 4 rings (SSSR count). The molecule has 2 fully saturated rings. The zero-order valence-corrected chi connectivity index (χ0v) is 20.4. The molecule has 9 heteroatoms. The van der Waals surface area contributed by atoms with Gasteiger partial charge in [-0.25, -0.2) is 14.1 Å². The minimum atomic E-state index is -1.26. The number of piperazine rings is 1. The molecular formula is C26H38N4O5. The van der Waals surface area contributed by atoms with Crippen molar-refractivity contribution in [1.29, 1.82) is 0 Å². The van der Waals surface area contributed by atoms with E-state index in [1.165, 1.54) is 71.2 Å². The monoisotopic (exact) mass is 486 g/mol. The summed E-state index contributed by atoms with van der Waals surface area (Å²) in [7, 11) is 0. The molecule has 35 heavy (non-hydrogen) atoms. The first-order chi connectivity index (χ1) is 17.0. The predicted molar refractivity (Wildman–Crippen MR) is 133 cm³/mol. The number of carbonyl (C=O) groups is 2. The van der Waals surface area contributed by atoms with Crippen molar-refractivity contribution in [2.45, 2.75) is 57.6 Å². The van der Waals surface area contributed by atoms with Gasteiger partial charge in [0.2, 0.25) is 0 Å². The minimum Gasteiger partial charge on any atom is -0.478 e. The number of carboxylic acids is 2. The highest BCUT2D eigenvalue weighted by Crippen LogP contribution is 2.23. The third-order valence-electron chi connectivity index (χ3n) is 6.55. The summed E-state index contributed by atoms with van der Waals surface area (Å²) >= 11 is 0. The lowest BCUT2D eigenvalue weighted by molar-refractivity contribution is -0.134. The number of aromatic nitrogens is 2. The summed E-state index contributed by atoms with van der Waals surface area (Å²) in [5.74, 6) is -2.51. The maximum absolute atomic E-state index is 9.55. The van der Waals surface area contributed by atoms with Crippen molar-refractivity contribution in [1.82, 2.24) is 19.4 Å². The molecule has 1 saturated carbocycles. The standard InChI is InChI=1S/C22H34N4O.C4H4O4/c1-2-8-21(9-3-1)25-15-13-24(14-16-25)11-6-7-17-27-19-20-18-22-10-4-5-12-26(22)23-20;5-3(6)1-2-4(7)8/h4-5,10,12,18,21H,1-3,6-9,11,13-17,19H2;1-2H,(H,5,6)(H,7,8). The van der Waals surface area contributed by atoms with Crippen LogP contribution in [0.1, 0.15) is 50.6 Å². The van der Waals surface area contributed by atoms with E-state index in [-0.39, 0.29) is 0 Å². The van der Waals surface area contributed by atoms with Crippen LogP contribution in [0.4, 0.5) is 0 Å². The number of pyridine rings is 1. The highest BCUT2D eigenvalue weighted by Gasteiger charge is 2.24. The second kappa shape index (κ2) is 14.6. The molecule has 1 aliphatic heterocycles. The molecule has 1 aliphatic carbocycles. The van der Waals surface area contributed by atoms with E-state index < -0.39 is 11.9 Å². The van der Waals surface area contributed by atoms with Gasteiger partial charge in [-0.15, -0.1) is 0 Å². The van der Waals surface area contributed by atoms with E-state index in [0.717, 1.165) is 30.3 Å². The first-order valence-corrected chi connectivity index (χ1v) is 12.6. The smallest absolute Gasteiger partial charge is 0.328 e. The van der Waals surface area contributed by atoms with Crippen LogP contribution in [-0.2, 0) is 20.9 Å². The van der Waals surface area contributed by atoms with Gasteiger partial charge in [0.05, 0.1) is 17.8 Å². The minimum absolute atomic E-state index is 0.558. The molecular weight excluding hydrogens is 448 g/mol. The van der Waals surface area contributed by atoms with E-state index in [1.54, 1.807) is 0 Å². The van der Waals surface area contributed by atoms with Gasteiger partial charge in [0.15, 0.2) is 0 Å². The van der Waals surface area contributed by atoms with Crippen molar-refractivity contribution in [2.75, 3.05) is 39.3 Å². The average molecular weight is 487 g/mol. The Balaban J connectivity index is 0.000000371. The van der Waals surface area contributed by atoms with Crippen LogP contribution in [-0.4, -0.2) is 86.9 Å². The first kappa shape index (κ1) is 26.8. The fourth-order valence-corrected chi connectivity index (χ4v) is 4.72. The van der Waals surface area contributed by atoms with E-state index in [9.17, 15) is 9.59 Å². The summed E-state index contributed by atoms with van der Waals surface area (Å²) in [4.78, 5) is 24.5. The van der Waals surface area contributed by atoms with Crippen LogP contribution in [0.3, 0.4) is 0 Å². The van der Waals surface area contributed by atoms with Gasteiger partial charge < -0.3 is 19.8 Å². The third-order valence-corrected chi connectivity index (χ3v) is 6.55. The molecule has 3 heterocycles. The fraction of sp³-hybridized carbons (Fsp3) is 0.577. The summed E-state index contributed by atoms with van der Waals surface area (Å²) in [6, 6.07) is 9.10. The Kier molecular flexibility index (Phi) is 11.2. The molecule has 1 saturated heterocycles.